The van der Waals surface area contributed by atoms with Gasteiger partial charge in [0.15, 0.2) is 6.29 Å². The first-order chi connectivity index (χ1) is 22.7. The molecule has 2 aromatic carbocycles. The Morgan fingerprint density at radius 2 is 1.77 bits per heavy atom. The van der Waals surface area contributed by atoms with Crippen LogP contribution in [0, 0.1) is 11.8 Å². The van der Waals surface area contributed by atoms with E-state index in [-0.39, 0.29) is 40.6 Å². The van der Waals surface area contributed by atoms with Crippen molar-refractivity contribution < 1.29 is 32.7 Å². The quantitative estimate of drug-likeness (QED) is 0.191. The number of anilines is 2. The van der Waals surface area contributed by atoms with Crippen LogP contribution in [-0.2, 0) is 17.9 Å². The van der Waals surface area contributed by atoms with Crippen LogP contribution in [-0.4, -0.2) is 92.5 Å². The lowest BCUT2D eigenvalue weighted by molar-refractivity contribution is -0.167. The number of alkyl halides is 3. The van der Waals surface area contributed by atoms with Gasteiger partial charge >= 0.3 is 12.1 Å². The number of halogens is 3. The van der Waals surface area contributed by atoms with E-state index in [1.54, 1.807) is 23.7 Å². The van der Waals surface area contributed by atoms with Gasteiger partial charge < -0.3 is 19.9 Å². The van der Waals surface area contributed by atoms with Crippen LogP contribution in [0.5, 0.6) is 0 Å². The number of rotatable bonds is 8. The van der Waals surface area contributed by atoms with E-state index in [9.17, 15) is 32.7 Å². The topological polar surface area (TPSA) is 133 Å². The molecule has 48 heavy (non-hydrogen) atoms. The van der Waals surface area contributed by atoms with Gasteiger partial charge in [0.2, 0.25) is 5.95 Å². The summed E-state index contributed by atoms with van der Waals surface area (Å²) in [7, 11) is 2.11. The molecule has 11 nitrogen and oxygen atoms in total. The van der Waals surface area contributed by atoms with Crippen molar-refractivity contribution in [2.24, 2.45) is 0 Å². The standard InChI is InChI=1S/C34H34F3N7O4/c1-33(2,48)21-44-29-17-22(19-43-15-13-42(3)14-16-43)7-10-28(29)40-32(44)41-30(46)24-11-12-38-25(18-24)9-8-23-5-4-6-27(26(23)20-45)39-31(47)34(35,36)37/h4-7,10-12,17-18,20,48H,13-16,19,21H2,1-3H3,(H,39,47)(H,40,41,46). The number of hydrogen-bond donors (Lipinski definition) is 3. The molecule has 0 atom stereocenters. The molecule has 1 aliphatic rings. The molecule has 250 valence electrons. The second-order valence-electron chi connectivity index (χ2n) is 12.2. The van der Waals surface area contributed by atoms with Gasteiger partial charge in [-0.3, -0.25) is 24.6 Å². The average molecular weight is 662 g/mol. The second kappa shape index (κ2) is 13.9. The number of aldehydes is 1. The first kappa shape index (κ1) is 34.2. The molecule has 4 aromatic rings. The number of likely N-dealkylation sites (N-methyl/N-ethyl adjacent to an activating group) is 1. The van der Waals surface area contributed by atoms with Gasteiger partial charge in [0.05, 0.1) is 34.4 Å². The maximum atomic E-state index is 13.4. The van der Waals surface area contributed by atoms with Gasteiger partial charge in [0.25, 0.3) is 5.91 Å². The molecule has 0 bridgehead atoms. The van der Waals surface area contributed by atoms with Crippen LogP contribution in [0.15, 0.2) is 54.7 Å². The number of carbonyl (C=O) groups excluding carboxylic acids is 3. The summed E-state index contributed by atoms with van der Waals surface area (Å²) in [6.07, 6.45) is -3.48. The van der Waals surface area contributed by atoms with E-state index in [0.717, 1.165) is 49.9 Å². The number of carbonyl (C=O) groups is 3. The summed E-state index contributed by atoms with van der Waals surface area (Å²) in [5, 5.41) is 15.2. The molecule has 2 amide bonds. The van der Waals surface area contributed by atoms with Crippen molar-refractivity contribution in [1.29, 1.82) is 0 Å². The molecular weight excluding hydrogens is 627 g/mol. The summed E-state index contributed by atoms with van der Waals surface area (Å²) in [4.78, 5) is 50.0. The summed E-state index contributed by atoms with van der Waals surface area (Å²) in [5.41, 5.74) is 1.18. The number of nitrogens with zero attached hydrogens (tertiary/aromatic N) is 5. The van der Waals surface area contributed by atoms with Crippen LogP contribution in [0.3, 0.4) is 0 Å². The molecular formula is C34H34F3N7O4. The first-order valence-corrected chi connectivity index (χ1v) is 15.1. The largest absolute Gasteiger partial charge is 0.471 e. The molecule has 1 saturated heterocycles. The highest BCUT2D eigenvalue weighted by Gasteiger charge is 2.39. The van der Waals surface area contributed by atoms with Crippen LogP contribution in [0.4, 0.5) is 24.8 Å². The number of imidazole rings is 1. The van der Waals surface area contributed by atoms with Gasteiger partial charge in [0, 0.05) is 50.0 Å². The zero-order chi connectivity index (χ0) is 34.6. The minimum absolute atomic E-state index is 0.0500. The number of fused-ring (bicyclic) bond motifs is 1. The van der Waals surface area contributed by atoms with E-state index in [0.29, 0.717) is 11.8 Å². The first-order valence-electron chi connectivity index (χ1n) is 15.1. The smallest absolute Gasteiger partial charge is 0.389 e. The van der Waals surface area contributed by atoms with E-state index in [2.05, 4.69) is 44.0 Å². The van der Waals surface area contributed by atoms with Gasteiger partial charge in [0.1, 0.15) is 5.69 Å². The predicted molar refractivity (Wildman–Crippen MR) is 173 cm³/mol. The Morgan fingerprint density at radius 1 is 1.02 bits per heavy atom. The average Bonchev–Trinajstić information content (AvgIpc) is 3.35. The third-order valence-corrected chi connectivity index (χ3v) is 7.66. The summed E-state index contributed by atoms with van der Waals surface area (Å²) in [6, 6.07) is 12.7. The summed E-state index contributed by atoms with van der Waals surface area (Å²) in [6.45, 7) is 8.17. The maximum absolute atomic E-state index is 13.4. The third-order valence-electron chi connectivity index (χ3n) is 7.66. The number of amides is 2. The fourth-order valence-electron chi connectivity index (χ4n) is 5.22. The summed E-state index contributed by atoms with van der Waals surface area (Å²) in [5.74, 6) is 2.90. The molecule has 1 fully saturated rings. The minimum atomic E-state index is -5.14. The number of aliphatic hydroxyl groups is 1. The van der Waals surface area contributed by atoms with Crippen LogP contribution in [0.1, 0.15) is 51.4 Å². The maximum Gasteiger partial charge on any atom is 0.471 e. The summed E-state index contributed by atoms with van der Waals surface area (Å²) >= 11 is 0. The second-order valence-corrected chi connectivity index (χ2v) is 12.2. The number of piperazine rings is 1. The molecule has 0 aliphatic carbocycles. The lowest BCUT2D eigenvalue weighted by Gasteiger charge is -2.32. The van der Waals surface area contributed by atoms with Crippen molar-refractivity contribution in [3.8, 4) is 11.8 Å². The fourth-order valence-corrected chi connectivity index (χ4v) is 5.22. The van der Waals surface area contributed by atoms with Crippen molar-refractivity contribution in [3.63, 3.8) is 0 Å². The third kappa shape index (κ3) is 8.43. The Labute approximate surface area is 274 Å². The fraction of sp³-hybridized carbons (Fsp3) is 0.324. The Bertz CT molecular complexity index is 1910. The molecule has 0 radical (unpaired) electrons. The van der Waals surface area contributed by atoms with Crippen LogP contribution in [0.25, 0.3) is 11.0 Å². The molecule has 2 aromatic heterocycles. The van der Waals surface area contributed by atoms with Crippen molar-refractivity contribution in [3.05, 3.63) is 82.7 Å². The monoisotopic (exact) mass is 661 g/mol. The van der Waals surface area contributed by atoms with E-state index < -0.39 is 23.6 Å². The Balaban J connectivity index is 1.38. The van der Waals surface area contributed by atoms with E-state index in [1.165, 1.54) is 30.5 Å². The molecule has 0 saturated carbocycles. The number of hydrogen-bond acceptors (Lipinski definition) is 8. The van der Waals surface area contributed by atoms with E-state index in [4.69, 9.17) is 0 Å². The van der Waals surface area contributed by atoms with Gasteiger partial charge in [-0.15, -0.1) is 0 Å². The number of benzene rings is 2. The minimum Gasteiger partial charge on any atom is -0.389 e. The van der Waals surface area contributed by atoms with Crippen LogP contribution >= 0.6 is 0 Å². The van der Waals surface area contributed by atoms with Crippen molar-refractivity contribution in [2.45, 2.75) is 38.7 Å². The van der Waals surface area contributed by atoms with E-state index in [1.807, 2.05) is 18.2 Å². The van der Waals surface area contributed by atoms with Gasteiger partial charge in [-0.05, 0) is 68.8 Å². The molecule has 14 heteroatoms. The van der Waals surface area contributed by atoms with Crippen molar-refractivity contribution >= 4 is 40.8 Å². The lowest BCUT2D eigenvalue weighted by Crippen LogP contribution is -2.43. The SMILES string of the molecule is CN1CCN(Cc2ccc3nc(NC(=O)c4ccnc(C#Cc5cccc(NC(=O)C(F)(F)F)c5C=O)c4)n(CC(C)(C)O)c3c2)CC1. The highest BCUT2D eigenvalue weighted by molar-refractivity contribution is 6.04. The van der Waals surface area contributed by atoms with E-state index >= 15 is 0 Å². The molecule has 0 spiro atoms. The van der Waals surface area contributed by atoms with Gasteiger partial charge in [-0.2, -0.15) is 13.2 Å². The van der Waals surface area contributed by atoms with Crippen molar-refractivity contribution in [2.75, 3.05) is 43.9 Å². The molecule has 1 aliphatic heterocycles. The van der Waals surface area contributed by atoms with Crippen LogP contribution in [0.2, 0.25) is 0 Å². The Morgan fingerprint density at radius 3 is 2.46 bits per heavy atom. The Hall–Kier alpha value is -5.10. The highest BCUT2D eigenvalue weighted by Crippen LogP contribution is 2.26. The number of aromatic nitrogens is 3. The normalized spacial score (nSPS) is 14.3. The Kier molecular flexibility index (Phi) is 9.95. The molecule has 0 unspecified atom stereocenters. The molecule has 3 heterocycles. The lowest BCUT2D eigenvalue weighted by atomic mass is 10.1. The summed E-state index contributed by atoms with van der Waals surface area (Å²) < 4.78 is 40.0. The molecule has 3 N–H and O–H groups in total. The highest BCUT2D eigenvalue weighted by atomic mass is 19.4. The predicted octanol–water partition coefficient (Wildman–Crippen LogP) is 3.92. The number of pyridine rings is 1. The zero-order valence-corrected chi connectivity index (χ0v) is 26.6. The van der Waals surface area contributed by atoms with Crippen molar-refractivity contribution in [1.82, 2.24) is 24.3 Å². The van der Waals surface area contributed by atoms with Crippen LogP contribution < -0.4 is 10.6 Å². The zero-order valence-electron chi connectivity index (χ0n) is 26.6. The molecule has 5 rings (SSSR count). The van der Waals surface area contributed by atoms with Gasteiger partial charge in [-0.25, -0.2) is 9.97 Å². The number of nitrogens with one attached hydrogen (secondary N) is 2. The van der Waals surface area contributed by atoms with Gasteiger partial charge in [-0.1, -0.05) is 18.1 Å².